The van der Waals surface area contributed by atoms with Crippen molar-refractivity contribution in [1.29, 1.82) is 0 Å². The predicted molar refractivity (Wildman–Crippen MR) is 78.8 cm³/mol. The van der Waals surface area contributed by atoms with Crippen molar-refractivity contribution in [1.82, 2.24) is 19.8 Å². The molecular weight excluding hydrogens is 278 g/mol. The van der Waals surface area contributed by atoms with Crippen molar-refractivity contribution in [2.45, 2.75) is 44.8 Å². The molecule has 20 heavy (non-hydrogen) atoms. The summed E-state index contributed by atoms with van der Waals surface area (Å²) in [5.74, 6) is 0. The summed E-state index contributed by atoms with van der Waals surface area (Å²) in [5, 5.41) is 6.50. The fourth-order valence-electron chi connectivity index (χ4n) is 1.85. The van der Waals surface area contributed by atoms with Gasteiger partial charge in [0.25, 0.3) is 10.0 Å². The highest BCUT2D eigenvalue weighted by Gasteiger charge is 2.22. The first-order valence-electron chi connectivity index (χ1n) is 6.77. The van der Waals surface area contributed by atoms with Crippen LogP contribution in [0.25, 0.3) is 0 Å². The Morgan fingerprint density at radius 2 is 2.15 bits per heavy atom. The number of hydrogen-bond donors (Lipinski definition) is 3. The second kappa shape index (κ2) is 7.16. The first-order valence-corrected chi connectivity index (χ1v) is 8.25. The van der Waals surface area contributed by atoms with E-state index < -0.39 is 10.0 Å². The highest BCUT2D eigenvalue weighted by Crippen LogP contribution is 2.14. The summed E-state index contributed by atoms with van der Waals surface area (Å²) in [6.07, 6.45) is 1.03. The van der Waals surface area contributed by atoms with Gasteiger partial charge in [0.1, 0.15) is 0 Å². The van der Waals surface area contributed by atoms with Crippen molar-refractivity contribution in [2.75, 3.05) is 20.1 Å². The normalized spacial score (nSPS) is 13.9. The fourth-order valence-corrected chi connectivity index (χ4v) is 3.07. The van der Waals surface area contributed by atoms with Crippen molar-refractivity contribution in [3.05, 3.63) is 11.3 Å². The SMILES string of the molecule is CCC(C)N(C)CCNS(=O)(=O)c1n[nH]c(C)c1CN. The molecule has 116 valence electrons. The number of sulfonamides is 1. The zero-order valence-electron chi connectivity index (χ0n) is 12.6. The molecule has 1 atom stereocenters. The van der Waals surface area contributed by atoms with Gasteiger partial charge in [-0.2, -0.15) is 5.10 Å². The van der Waals surface area contributed by atoms with E-state index in [0.717, 1.165) is 6.42 Å². The summed E-state index contributed by atoms with van der Waals surface area (Å²) in [6.45, 7) is 7.11. The van der Waals surface area contributed by atoms with Gasteiger partial charge in [-0.15, -0.1) is 0 Å². The predicted octanol–water partition coefficient (Wildman–Crippen LogP) is 0.185. The third kappa shape index (κ3) is 4.02. The average Bonchev–Trinajstić information content (AvgIpc) is 2.79. The number of aryl methyl sites for hydroxylation is 1. The number of rotatable bonds is 8. The smallest absolute Gasteiger partial charge is 0.260 e. The maximum absolute atomic E-state index is 12.2. The number of H-pyrrole nitrogens is 1. The van der Waals surface area contributed by atoms with Crippen LogP contribution in [0.5, 0.6) is 0 Å². The molecule has 1 heterocycles. The zero-order chi connectivity index (χ0) is 15.3. The first kappa shape index (κ1) is 17.1. The van der Waals surface area contributed by atoms with Crippen LogP contribution in [-0.2, 0) is 16.6 Å². The minimum atomic E-state index is -3.61. The first-order chi connectivity index (χ1) is 9.33. The molecule has 4 N–H and O–H groups in total. The van der Waals surface area contributed by atoms with Crippen LogP contribution in [0.4, 0.5) is 0 Å². The Kier molecular flexibility index (Phi) is 6.12. The number of likely N-dealkylation sites (N-methyl/N-ethyl adjacent to an activating group) is 1. The molecule has 1 aromatic rings. The Morgan fingerprint density at radius 1 is 1.50 bits per heavy atom. The van der Waals surface area contributed by atoms with Crippen LogP contribution >= 0.6 is 0 Å². The molecule has 0 saturated heterocycles. The van der Waals surface area contributed by atoms with E-state index in [1.165, 1.54) is 0 Å². The summed E-state index contributed by atoms with van der Waals surface area (Å²) in [6, 6.07) is 0.423. The number of nitrogens with two attached hydrogens (primary N) is 1. The zero-order valence-corrected chi connectivity index (χ0v) is 13.4. The lowest BCUT2D eigenvalue weighted by Gasteiger charge is -2.23. The topological polar surface area (TPSA) is 104 Å². The van der Waals surface area contributed by atoms with Gasteiger partial charge >= 0.3 is 0 Å². The van der Waals surface area contributed by atoms with Crippen LogP contribution < -0.4 is 10.5 Å². The molecule has 0 amide bonds. The molecule has 0 fully saturated rings. The van der Waals surface area contributed by atoms with Crippen LogP contribution in [0.2, 0.25) is 0 Å². The molecule has 7 nitrogen and oxygen atoms in total. The van der Waals surface area contributed by atoms with E-state index in [9.17, 15) is 8.42 Å². The monoisotopic (exact) mass is 303 g/mol. The average molecular weight is 303 g/mol. The highest BCUT2D eigenvalue weighted by atomic mass is 32.2. The van der Waals surface area contributed by atoms with Crippen LogP contribution in [0.15, 0.2) is 5.03 Å². The van der Waals surface area contributed by atoms with Gasteiger partial charge in [0.15, 0.2) is 5.03 Å². The number of nitrogens with one attached hydrogen (secondary N) is 2. The van der Waals surface area contributed by atoms with Gasteiger partial charge in [-0.25, -0.2) is 13.1 Å². The molecular formula is C12H25N5O2S. The summed E-state index contributed by atoms with van der Waals surface area (Å²) in [4.78, 5) is 2.11. The Morgan fingerprint density at radius 3 is 2.70 bits per heavy atom. The van der Waals surface area contributed by atoms with Crippen LogP contribution in [-0.4, -0.2) is 49.7 Å². The third-order valence-corrected chi connectivity index (χ3v) is 5.03. The molecule has 0 aromatic carbocycles. The molecule has 0 spiro atoms. The molecule has 1 rings (SSSR count). The molecule has 0 saturated carbocycles. The molecule has 8 heteroatoms. The van der Waals surface area contributed by atoms with Crippen molar-refractivity contribution in [3.63, 3.8) is 0 Å². The van der Waals surface area contributed by atoms with E-state index in [1.54, 1.807) is 6.92 Å². The largest absolute Gasteiger partial charge is 0.326 e. The Balaban J connectivity index is 2.67. The number of aromatic amines is 1. The fraction of sp³-hybridized carbons (Fsp3) is 0.750. The maximum atomic E-state index is 12.2. The molecule has 0 aliphatic heterocycles. The second-order valence-corrected chi connectivity index (χ2v) is 6.65. The minimum Gasteiger partial charge on any atom is -0.326 e. The van der Waals surface area contributed by atoms with E-state index in [2.05, 4.69) is 33.7 Å². The van der Waals surface area contributed by atoms with Crippen LogP contribution in [0.3, 0.4) is 0 Å². The van der Waals surface area contributed by atoms with Gasteiger partial charge < -0.3 is 10.6 Å². The van der Waals surface area contributed by atoms with E-state index >= 15 is 0 Å². The molecule has 1 unspecified atom stereocenters. The lowest BCUT2D eigenvalue weighted by atomic mass is 10.2. The Bertz CT molecular complexity index is 526. The minimum absolute atomic E-state index is 0.00342. The second-order valence-electron chi connectivity index (χ2n) is 4.97. The number of aromatic nitrogens is 2. The lowest BCUT2D eigenvalue weighted by Crippen LogP contribution is -2.37. The quantitative estimate of drug-likeness (QED) is 0.636. The Labute approximate surface area is 121 Å². The highest BCUT2D eigenvalue weighted by molar-refractivity contribution is 7.89. The molecule has 0 aliphatic rings. The van der Waals surface area contributed by atoms with E-state index in [0.29, 0.717) is 30.4 Å². The maximum Gasteiger partial charge on any atom is 0.260 e. The van der Waals surface area contributed by atoms with E-state index in [4.69, 9.17) is 5.73 Å². The summed E-state index contributed by atoms with van der Waals surface area (Å²) >= 11 is 0. The third-order valence-electron chi connectivity index (χ3n) is 3.59. The van der Waals surface area contributed by atoms with E-state index in [1.807, 2.05) is 7.05 Å². The van der Waals surface area contributed by atoms with Crippen LogP contribution in [0.1, 0.15) is 31.5 Å². The number of hydrogen-bond acceptors (Lipinski definition) is 5. The standard InChI is InChI=1S/C12H25N5O2S/c1-5-9(2)17(4)7-6-14-20(18,19)12-11(8-13)10(3)15-16-12/h9,14H,5-8,13H2,1-4H3,(H,15,16). The van der Waals surface area contributed by atoms with Crippen LogP contribution in [0, 0.1) is 6.92 Å². The molecule has 0 bridgehead atoms. The van der Waals surface area contributed by atoms with Gasteiger partial charge in [-0.05, 0) is 27.3 Å². The van der Waals surface area contributed by atoms with Gasteiger partial charge in [0.05, 0.1) is 0 Å². The molecule has 0 radical (unpaired) electrons. The summed E-state index contributed by atoms with van der Waals surface area (Å²) in [5.41, 5.74) is 6.79. The van der Waals surface area contributed by atoms with Crippen molar-refractivity contribution >= 4 is 10.0 Å². The summed E-state index contributed by atoms with van der Waals surface area (Å²) < 4.78 is 26.9. The van der Waals surface area contributed by atoms with E-state index in [-0.39, 0.29) is 11.6 Å². The van der Waals surface area contributed by atoms with Gasteiger partial charge in [0.2, 0.25) is 0 Å². The lowest BCUT2D eigenvalue weighted by molar-refractivity contribution is 0.256. The van der Waals surface area contributed by atoms with Gasteiger partial charge in [-0.1, -0.05) is 6.92 Å². The molecule has 1 aromatic heterocycles. The molecule has 0 aliphatic carbocycles. The number of nitrogens with zero attached hydrogens (tertiary/aromatic N) is 2. The Hall–Kier alpha value is -0.960. The summed E-state index contributed by atoms with van der Waals surface area (Å²) in [7, 11) is -1.63. The van der Waals surface area contributed by atoms with Crippen molar-refractivity contribution in [2.24, 2.45) is 5.73 Å². The van der Waals surface area contributed by atoms with Gasteiger partial charge in [0, 0.05) is 36.9 Å². The van der Waals surface area contributed by atoms with Gasteiger partial charge in [-0.3, -0.25) is 5.10 Å². The van der Waals surface area contributed by atoms with Crippen molar-refractivity contribution < 1.29 is 8.42 Å². The van der Waals surface area contributed by atoms with Crippen molar-refractivity contribution in [3.8, 4) is 0 Å².